The van der Waals surface area contributed by atoms with E-state index in [1.54, 1.807) is 39.4 Å². The van der Waals surface area contributed by atoms with Crippen molar-refractivity contribution in [3.8, 4) is 6.19 Å². The first-order chi connectivity index (χ1) is 5.65. The molecule has 0 aromatic rings. The number of halogens is 1. The van der Waals surface area contributed by atoms with E-state index in [1.165, 1.54) is 0 Å². The van der Waals surface area contributed by atoms with Crippen LogP contribution < -0.4 is 0 Å². The van der Waals surface area contributed by atoms with Gasteiger partial charge in [-0.15, -0.1) is 0 Å². The molecule has 0 unspecified atom stereocenters. The topological polar surface area (TPSA) is 47.3 Å². The molecule has 0 aromatic carbocycles. The molecule has 4 nitrogen and oxygen atoms in total. The van der Waals surface area contributed by atoms with E-state index in [0.717, 1.165) is 13.0 Å². The molecule has 1 rings (SSSR count). The van der Waals surface area contributed by atoms with Gasteiger partial charge in [0, 0.05) is 42.7 Å². The minimum absolute atomic E-state index is 0.0392. The standard InChI is InChI=1S/C7H10IN3O/c1-10(7(8)12)6-2-3-11(4-6)5-9/h6H,2-4H2,1H3/t6-/m1/s1. The summed E-state index contributed by atoms with van der Waals surface area (Å²) in [6.07, 6.45) is 2.98. The average molecular weight is 279 g/mol. The quantitative estimate of drug-likeness (QED) is 0.312. The van der Waals surface area contributed by atoms with Crippen molar-refractivity contribution in [3.05, 3.63) is 0 Å². The fourth-order valence-electron chi connectivity index (χ4n) is 1.29. The molecule has 66 valence electrons. The molecular formula is C7H10IN3O. The van der Waals surface area contributed by atoms with E-state index in [-0.39, 0.29) is 9.96 Å². The molecule has 0 N–H and O–H groups in total. The number of nitriles is 1. The van der Waals surface area contributed by atoms with Crippen molar-refractivity contribution in [2.24, 2.45) is 0 Å². The van der Waals surface area contributed by atoms with Crippen molar-refractivity contribution >= 4 is 26.5 Å². The fraction of sp³-hybridized carbons (Fsp3) is 0.714. The number of carbonyl (C=O) groups is 1. The van der Waals surface area contributed by atoms with E-state index < -0.39 is 0 Å². The van der Waals surface area contributed by atoms with Crippen LogP contribution in [0.1, 0.15) is 6.42 Å². The number of carbonyl (C=O) groups excluding carboxylic acids is 1. The molecular weight excluding hydrogens is 269 g/mol. The monoisotopic (exact) mass is 279 g/mol. The SMILES string of the molecule is CN(C(=O)I)[C@@H]1CCN(C#N)C1. The highest BCUT2D eigenvalue weighted by Gasteiger charge is 2.26. The first-order valence-electron chi connectivity index (χ1n) is 3.72. The van der Waals surface area contributed by atoms with Gasteiger partial charge in [-0.05, 0) is 6.42 Å². The molecule has 12 heavy (non-hydrogen) atoms. The second-order valence-corrected chi connectivity index (χ2v) is 3.78. The molecule has 0 radical (unpaired) electrons. The Morgan fingerprint density at radius 2 is 2.50 bits per heavy atom. The lowest BCUT2D eigenvalue weighted by atomic mass is 10.2. The molecule has 0 aromatic heterocycles. The van der Waals surface area contributed by atoms with E-state index in [9.17, 15) is 4.79 Å². The second-order valence-electron chi connectivity index (χ2n) is 2.85. The van der Waals surface area contributed by atoms with E-state index >= 15 is 0 Å². The van der Waals surface area contributed by atoms with E-state index in [1.807, 2.05) is 0 Å². The van der Waals surface area contributed by atoms with Crippen LogP contribution in [0.15, 0.2) is 0 Å². The van der Waals surface area contributed by atoms with Gasteiger partial charge in [0.25, 0.3) is 3.91 Å². The highest BCUT2D eigenvalue weighted by molar-refractivity contribution is 14.1. The summed E-state index contributed by atoms with van der Waals surface area (Å²) in [4.78, 5) is 14.3. The van der Waals surface area contributed by atoms with Crippen LogP contribution in [0.25, 0.3) is 0 Å². The van der Waals surface area contributed by atoms with Gasteiger partial charge in [-0.1, -0.05) is 0 Å². The zero-order valence-electron chi connectivity index (χ0n) is 6.83. The molecule has 1 aliphatic heterocycles. The molecule has 1 aliphatic rings. The second kappa shape index (κ2) is 3.94. The summed E-state index contributed by atoms with van der Waals surface area (Å²) in [5.74, 6) is 0. The van der Waals surface area contributed by atoms with Crippen LogP contribution in [0.2, 0.25) is 0 Å². The smallest absolute Gasteiger partial charge is 0.283 e. The van der Waals surface area contributed by atoms with Crippen molar-refractivity contribution in [1.29, 1.82) is 5.26 Å². The number of nitrogens with zero attached hydrogens (tertiary/aromatic N) is 3. The first kappa shape index (κ1) is 9.58. The summed E-state index contributed by atoms with van der Waals surface area (Å²) in [5, 5.41) is 8.57. The molecule has 0 spiro atoms. The lowest BCUT2D eigenvalue weighted by Crippen LogP contribution is -2.35. The first-order valence-corrected chi connectivity index (χ1v) is 4.80. The lowest BCUT2D eigenvalue weighted by Gasteiger charge is -2.20. The maximum atomic E-state index is 10.9. The Kier molecular flexibility index (Phi) is 3.14. The van der Waals surface area contributed by atoms with Gasteiger partial charge in [-0.2, -0.15) is 5.26 Å². The Morgan fingerprint density at radius 3 is 2.92 bits per heavy atom. The third-order valence-corrected chi connectivity index (χ3v) is 2.89. The molecule has 0 bridgehead atoms. The van der Waals surface area contributed by atoms with Crippen LogP contribution >= 0.6 is 22.6 Å². The maximum absolute atomic E-state index is 10.9. The molecule has 0 saturated carbocycles. The summed E-state index contributed by atoms with van der Waals surface area (Å²) in [6, 6.07) is 0.217. The number of likely N-dealkylation sites (tertiary alicyclic amines) is 1. The molecule has 5 heteroatoms. The maximum Gasteiger partial charge on any atom is 0.283 e. The summed E-state index contributed by atoms with van der Waals surface area (Å²) in [5.41, 5.74) is 0. The van der Waals surface area contributed by atoms with E-state index in [2.05, 4.69) is 6.19 Å². The van der Waals surface area contributed by atoms with Gasteiger partial charge >= 0.3 is 0 Å². The number of hydrogen-bond donors (Lipinski definition) is 0. The van der Waals surface area contributed by atoms with Crippen LogP contribution in [-0.4, -0.2) is 39.9 Å². The molecule has 1 fully saturated rings. The summed E-state index contributed by atoms with van der Waals surface area (Å²) < 4.78 is 0.0392. The predicted molar refractivity (Wildman–Crippen MR) is 52.8 cm³/mol. The summed E-state index contributed by atoms with van der Waals surface area (Å²) >= 11 is 1.76. The third kappa shape index (κ3) is 2.00. The Balaban J connectivity index is 2.47. The molecule has 1 amide bonds. The van der Waals surface area contributed by atoms with Crippen molar-refractivity contribution in [3.63, 3.8) is 0 Å². The number of amides is 1. The van der Waals surface area contributed by atoms with Crippen LogP contribution in [0, 0.1) is 11.5 Å². The van der Waals surface area contributed by atoms with Gasteiger partial charge in [-0.25, -0.2) is 0 Å². The molecule has 1 saturated heterocycles. The van der Waals surface area contributed by atoms with Crippen molar-refractivity contribution in [1.82, 2.24) is 9.80 Å². The summed E-state index contributed by atoms with van der Waals surface area (Å²) in [6.45, 7) is 1.46. The van der Waals surface area contributed by atoms with Crippen LogP contribution in [0.5, 0.6) is 0 Å². The van der Waals surface area contributed by atoms with Gasteiger partial charge in [0.15, 0.2) is 6.19 Å². The van der Waals surface area contributed by atoms with Gasteiger partial charge in [0.1, 0.15) is 0 Å². The van der Waals surface area contributed by atoms with Gasteiger partial charge in [0.2, 0.25) is 0 Å². The van der Waals surface area contributed by atoms with Gasteiger partial charge in [-0.3, -0.25) is 4.79 Å². The molecule has 0 aliphatic carbocycles. The molecule has 1 atom stereocenters. The van der Waals surface area contributed by atoms with Crippen LogP contribution in [0.3, 0.4) is 0 Å². The normalized spacial score (nSPS) is 22.1. The minimum atomic E-state index is 0.0392. The Bertz CT molecular complexity index is 225. The number of hydrogen-bond acceptors (Lipinski definition) is 3. The van der Waals surface area contributed by atoms with Crippen molar-refractivity contribution < 1.29 is 4.79 Å². The Labute approximate surface area is 85.3 Å². The highest BCUT2D eigenvalue weighted by Crippen LogP contribution is 2.15. The zero-order chi connectivity index (χ0) is 9.14. The van der Waals surface area contributed by atoms with Gasteiger partial charge in [0.05, 0.1) is 6.04 Å². The van der Waals surface area contributed by atoms with E-state index in [4.69, 9.17) is 5.26 Å². The Morgan fingerprint density at radius 1 is 1.83 bits per heavy atom. The van der Waals surface area contributed by atoms with E-state index in [0.29, 0.717) is 6.54 Å². The average Bonchev–Trinajstić information content (AvgIpc) is 2.50. The predicted octanol–water partition coefficient (Wildman–Crippen LogP) is 1.03. The number of rotatable bonds is 1. The number of likely N-dealkylation sites (N-methyl/N-ethyl adjacent to an activating group) is 1. The third-order valence-electron chi connectivity index (χ3n) is 2.13. The molecule has 1 heterocycles. The fourth-order valence-corrected chi connectivity index (χ4v) is 1.69. The summed E-state index contributed by atoms with van der Waals surface area (Å²) in [7, 11) is 1.78. The van der Waals surface area contributed by atoms with Crippen LogP contribution in [0.4, 0.5) is 4.79 Å². The minimum Gasteiger partial charge on any atom is -0.332 e. The van der Waals surface area contributed by atoms with Crippen molar-refractivity contribution in [2.45, 2.75) is 12.5 Å². The lowest BCUT2D eigenvalue weighted by molar-refractivity contribution is 0.220. The highest BCUT2D eigenvalue weighted by atomic mass is 127. The zero-order valence-corrected chi connectivity index (χ0v) is 8.98. The van der Waals surface area contributed by atoms with Crippen LogP contribution in [-0.2, 0) is 0 Å². The van der Waals surface area contributed by atoms with Crippen molar-refractivity contribution in [2.75, 3.05) is 20.1 Å². The van der Waals surface area contributed by atoms with Gasteiger partial charge < -0.3 is 9.80 Å². The Hall–Kier alpha value is -0.510. The largest absolute Gasteiger partial charge is 0.332 e.